The van der Waals surface area contributed by atoms with Crippen molar-refractivity contribution >= 4 is 5.91 Å². The van der Waals surface area contributed by atoms with Crippen molar-refractivity contribution in [2.75, 3.05) is 19.8 Å². The number of nitrogens with zero attached hydrogens (tertiary/aromatic N) is 4. The highest BCUT2D eigenvalue weighted by molar-refractivity contribution is 5.77. The molecule has 1 N–H and O–H groups in total. The Labute approximate surface area is 134 Å². The summed E-state index contributed by atoms with van der Waals surface area (Å²) < 4.78 is 10.7. The lowest BCUT2D eigenvalue weighted by molar-refractivity contribution is -0.140. The number of ether oxygens (including phenoxy) is 1. The lowest BCUT2D eigenvalue weighted by Crippen LogP contribution is -2.43. The lowest BCUT2D eigenvalue weighted by Gasteiger charge is -2.34. The summed E-state index contributed by atoms with van der Waals surface area (Å²) in [6.45, 7) is 5.61. The van der Waals surface area contributed by atoms with Gasteiger partial charge < -0.3 is 14.2 Å². The summed E-state index contributed by atoms with van der Waals surface area (Å²) in [6, 6.07) is 1.75. The molecule has 1 amide bonds. The summed E-state index contributed by atoms with van der Waals surface area (Å²) in [7, 11) is 0. The second-order valence-electron chi connectivity index (χ2n) is 5.89. The first-order chi connectivity index (χ1) is 11.1. The molecule has 1 aliphatic heterocycles. The molecule has 2 aromatic heterocycles. The van der Waals surface area contributed by atoms with Crippen LogP contribution in [0.5, 0.6) is 0 Å². The van der Waals surface area contributed by atoms with E-state index in [0.29, 0.717) is 44.3 Å². The summed E-state index contributed by atoms with van der Waals surface area (Å²) in [4.78, 5) is 18.7. The van der Waals surface area contributed by atoms with Gasteiger partial charge in [0.1, 0.15) is 0 Å². The van der Waals surface area contributed by atoms with Crippen LogP contribution in [0.3, 0.4) is 0 Å². The Morgan fingerprint density at radius 3 is 3.09 bits per heavy atom. The van der Waals surface area contributed by atoms with Crippen molar-refractivity contribution in [2.24, 2.45) is 0 Å². The number of aryl methyl sites for hydroxylation is 1. The number of hydrogen-bond acceptors (Lipinski definition) is 6. The molecule has 3 rings (SSSR count). The molecule has 0 saturated carbocycles. The van der Waals surface area contributed by atoms with Gasteiger partial charge in [-0.1, -0.05) is 19.0 Å². The first-order valence-electron chi connectivity index (χ1n) is 7.84. The number of rotatable bonds is 5. The van der Waals surface area contributed by atoms with Crippen molar-refractivity contribution in [3.05, 3.63) is 29.7 Å². The third-order valence-electron chi connectivity index (χ3n) is 3.88. The van der Waals surface area contributed by atoms with E-state index in [1.807, 2.05) is 24.8 Å². The van der Waals surface area contributed by atoms with Crippen LogP contribution in [0.1, 0.15) is 49.6 Å². The van der Waals surface area contributed by atoms with Gasteiger partial charge in [-0.2, -0.15) is 10.1 Å². The molecule has 1 atom stereocenters. The van der Waals surface area contributed by atoms with Crippen LogP contribution in [0.2, 0.25) is 0 Å². The first-order valence-corrected chi connectivity index (χ1v) is 7.84. The number of carbonyl (C=O) groups is 1. The van der Waals surface area contributed by atoms with Gasteiger partial charge in [0, 0.05) is 31.5 Å². The van der Waals surface area contributed by atoms with Crippen LogP contribution in [0.15, 0.2) is 16.8 Å². The second-order valence-corrected chi connectivity index (χ2v) is 5.89. The van der Waals surface area contributed by atoms with Gasteiger partial charge in [-0.3, -0.25) is 9.89 Å². The van der Waals surface area contributed by atoms with E-state index in [2.05, 4.69) is 20.3 Å². The topological polar surface area (TPSA) is 97.1 Å². The highest BCUT2D eigenvalue weighted by atomic mass is 16.5. The molecule has 8 heteroatoms. The van der Waals surface area contributed by atoms with Crippen molar-refractivity contribution < 1.29 is 14.1 Å². The molecule has 1 aliphatic rings. The molecular formula is C15H21N5O3. The third-order valence-corrected chi connectivity index (χ3v) is 3.88. The predicted octanol–water partition coefficient (Wildman–Crippen LogP) is 1.45. The lowest BCUT2D eigenvalue weighted by atomic mass is 10.1. The number of nitrogens with one attached hydrogen (secondary N) is 1. The van der Waals surface area contributed by atoms with E-state index in [1.165, 1.54) is 0 Å². The molecule has 0 radical (unpaired) electrons. The van der Waals surface area contributed by atoms with Crippen LogP contribution in [-0.2, 0) is 16.0 Å². The molecular weight excluding hydrogens is 298 g/mol. The number of aromatic amines is 1. The maximum Gasteiger partial charge on any atom is 0.227 e. The fourth-order valence-electron chi connectivity index (χ4n) is 2.57. The molecule has 0 aromatic carbocycles. The van der Waals surface area contributed by atoms with E-state index >= 15 is 0 Å². The maximum absolute atomic E-state index is 12.6. The molecule has 2 aromatic rings. The van der Waals surface area contributed by atoms with Crippen LogP contribution in [0.25, 0.3) is 0 Å². The molecule has 23 heavy (non-hydrogen) atoms. The molecule has 0 aliphatic carbocycles. The average molecular weight is 319 g/mol. The number of H-pyrrole nitrogens is 1. The van der Waals surface area contributed by atoms with E-state index in [4.69, 9.17) is 9.26 Å². The van der Waals surface area contributed by atoms with Crippen LogP contribution in [0, 0.1) is 0 Å². The quantitative estimate of drug-likeness (QED) is 0.896. The normalized spacial score (nSPS) is 18.6. The summed E-state index contributed by atoms with van der Waals surface area (Å²) >= 11 is 0. The minimum absolute atomic E-state index is 0.0530. The Morgan fingerprint density at radius 1 is 1.52 bits per heavy atom. The zero-order valence-corrected chi connectivity index (χ0v) is 13.4. The highest BCUT2D eigenvalue weighted by Gasteiger charge is 2.29. The van der Waals surface area contributed by atoms with Crippen molar-refractivity contribution in [1.82, 2.24) is 25.2 Å². The Hall–Kier alpha value is -2.22. The monoisotopic (exact) mass is 319 g/mol. The Balaban J connectivity index is 1.61. The summed E-state index contributed by atoms with van der Waals surface area (Å²) in [5, 5.41) is 10.8. The second kappa shape index (κ2) is 6.91. The molecule has 1 saturated heterocycles. The van der Waals surface area contributed by atoms with Crippen molar-refractivity contribution in [1.29, 1.82) is 0 Å². The highest BCUT2D eigenvalue weighted by Crippen LogP contribution is 2.23. The van der Waals surface area contributed by atoms with E-state index in [0.717, 1.165) is 5.69 Å². The van der Waals surface area contributed by atoms with Gasteiger partial charge in [0.2, 0.25) is 11.8 Å². The molecule has 3 heterocycles. The van der Waals surface area contributed by atoms with Crippen LogP contribution >= 0.6 is 0 Å². The van der Waals surface area contributed by atoms with Crippen LogP contribution < -0.4 is 0 Å². The molecule has 8 nitrogen and oxygen atoms in total. The third kappa shape index (κ3) is 3.58. The standard InChI is InChI=1S/C15H21N5O3/c1-10(2)15-17-13(23-19-15)3-4-14(21)20-7-8-22-9-12(20)11-5-6-16-18-11/h5-6,10,12H,3-4,7-9H2,1-2H3,(H,16,18)/t12-/m0/s1. The van der Waals surface area contributed by atoms with Crippen molar-refractivity contribution in [3.8, 4) is 0 Å². The summed E-state index contributed by atoms with van der Waals surface area (Å²) in [6.07, 6.45) is 2.47. The molecule has 0 unspecified atom stereocenters. The van der Waals surface area contributed by atoms with Gasteiger partial charge in [0.05, 0.1) is 24.9 Å². The van der Waals surface area contributed by atoms with Gasteiger partial charge in [-0.15, -0.1) is 0 Å². The van der Waals surface area contributed by atoms with Gasteiger partial charge in [-0.05, 0) is 6.07 Å². The average Bonchev–Trinajstić information content (AvgIpc) is 3.24. The number of amides is 1. The van der Waals surface area contributed by atoms with Crippen LogP contribution in [0.4, 0.5) is 0 Å². The molecule has 0 spiro atoms. The maximum atomic E-state index is 12.6. The minimum Gasteiger partial charge on any atom is -0.377 e. The van der Waals surface area contributed by atoms with Crippen molar-refractivity contribution in [2.45, 2.75) is 38.6 Å². The SMILES string of the molecule is CC(C)c1noc(CCC(=O)N2CCOC[C@H]2c2ccn[nH]2)n1. The Bertz CT molecular complexity index is 637. The van der Waals surface area contributed by atoms with E-state index in [1.54, 1.807) is 6.20 Å². The number of aromatic nitrogens is 4. The zero-order chi connectivity index (χ0) is 16.2. The Kier molecular flexibility index (Phi) is 4.71. The first kappa shape index (κ1) is 15.7. The summed E-state index contributed by atoms with van der Waals surface area (Å²) in [5.41, 5.74) is 0.887. The predicted molar refractivity (Wildman–Crippen MR) is 80.6 cm³/mol. The van der Waals surface area contributed by atoms with Gasteiger partial charge in [0.15, 0.2) is 5.82 Å². The van der Waals surface area contributed by atoms with Gasteiger partial charge in [0.25, 0.3) is 0 Å². The molecule has 124 valence electrons. The van der Waals surface area contributed by atoms with E-state index in [-0.39, 0.29) is 17.9 Å². The molecule has 1 fully saturated rings. The molecule has 0 bridgehead atoms. The number of hydrogen-bond donors (Lipinski definition) is 1. The Morgan fingerprint density at radius 2 is 2.39 bits per heavy atom. The van der Waals surface area contributed by atoms with E-state index < -0.39 is 0 Å². The number of morpholine rings is 1. The summed E-state index contributed by atoms with van der Waals surface area (Å²) in [5.74, 6) is 1.45. The zero-order valence-electron chi connectivity index (χ0n) is 13.4. The van der Waals surface area contributed by atoms with Gasteiger partial charge >= 0.3 is 0 Å². The number of carbonyl (C=O) groups excluding carboxylic acids is 1. The fourth-order valence-corrected chi connectivity index (χ4v) is 2.57. The van der Waals surface area contributed by atoms with Gasteiger partial charge in [-0.25, -0.2) is 0 Å². The van der Waals surface area contributed by atoms with Crippen molar-refractivity contribution in [3.63, 3.8) is 0 Å². The largest absolute Gasteiger partial charge is 0.377 e. The minimum atomic E-state index is -0.118. The van der Waals surface area contributed by atoms with Crippen LogP contribution in [-0.4, -0.2) is 50.9 Å². The smallest absolute Gasteiger partial charge is 0.227 e. The van der Waals surface area contributed by atoms with E-state index in [9.17, 15) is 4.79 Å². The fraction of sp³-hybridized carbons (Fsp3) is 0.600.